The third kappa shape index (κ3) is 48.8. The number of hydrogen-bond donors (Lipinski definition) is 5. The molecule has 0 aromatic heterocycles. The van der Waals surface area contributed by atoms with Crippen molar-refractivity contribution in [2.75, 3.05) is 6.61 Å². The van der Waals surface area contributed by atoms with Gasteiger partial charge in [0.2, 0.25) is 5.91 Å². The second-order valence-electron chi connectivity index (χ2n) is 20.0. The van der Waals surface area contributed by atoms with E-state index < -0.39 is 36.9 Å². The standard InChI is InChI=1S/C61H113NO5/c1-3-5-7-9-11-13-15-17-19-21-23-25-27-28-29-30-31-33-35-37-39-41-43-45-47-49-51-53-55-59(65)61(67)62-57(56-63)60(66)58(64)54-52-50-48-46-44-42-40-38-36-34-32-26-24-22-20-18-16-14-12-10-8-6-4-2/h23,25-26,28-29,32,38,40,46,48,57-60,63-66H,3-22,24,27,30-31,33-37,39,41-45,47,49-56H2,1-2H3,(H,62,67)/b25-23-,29-28-,32-26+,40-38+,48-46+. The molecule has 0 saturated carbocycles. The summed E-state index contributed by atoms with van der Waals surface area (Å²) in [6.45, 7) is 4.06. The minimum absolute atomic E-state index is 0.355. The molecule has 0 fully saturated rings. The lowest BCUT2D eigenvalue weighted by Crippen LogP contribution is -2.53. The van der Waals surface area contributed by atoms with Crippen molar-refractivity contribution >= 4 is 5.91 Å². The van der Waals surface area contributed by atoms with E-state index in [1.807, 2.05) is 0 Å². The molecular formula is C61H113NO5. The normalized spacial score (nSPS) is 14.2. The van der Waals surface area contributed by atoms with Crippen molar-refractivity contribution in [1.82, 2.24) is 5.32 Å². The Kier molecular flexibility index (Phi) is 53.3. The fourth-order valence-corrected chi connectivity index (χ4v) is 8.82. The van der Waals surface area contributed by atoms with Gasteiger partial charge in [-0.1, -0.05) is 254 Å². The SMILES string of the molecule is CCCCCCCCCCC/C=C\C/C=C\CCCCCCCCCCCCCCC(O)C(=O)NC(CO)C(O)C(O)CCC/C=C/CC/C=C/CC/C=C/CCCCCCCCCCCC. The number of aliphatic hydroxyl groups excluding tert-OH is 4. The lowest BCUT2D eigenvalue weighted by Gasteiger charge is -2.27. The summed E-state index contributed by atoms with van der Waals surface area (Å²) in [5, 5.41) is 44.0. The lowest BCUT2D eigenvalue weighted by molar-refractivity contribution is -0.132. The van der Waals surface area contributed by atoms with Crippen molar-refractivity contribution in [1.29, 1.82) is 0 Å². The van der Waals surface area contributed by atoms with Crippen LogP contribution in [0, 0.1) is 0 Å². The summed E-state index contributed by atoms with van der Waals surface area (Å²) in [7, 11) is 0. The molecule has 0 aromatic rings. The van der Waals surface area contributed by atoms with Gasteiger partial charge in [-0.25, -0.2) is 0 Å². The number of carbonyl (C=O) groups is 1. The molecule has 0 aliphatic heterocycles. The van der Waals surface area contributed by atoms with Gasteiger partial charge in [-0.05, 0) is 96.3 Å². The van der Waals surface area contributed by atoms with E-state index in [1.54, 1.807) is 0 Å². The molecule has 6 heteroatoms. The predicted molar refractivity (Wildman–Crippen MR) is 293 cm³/mol. The maximum atomic E-state index is 12.6. The first-order valence-corrected chi connectivity index (χ1v) is 29.2. The molecule has 5 N–H and O–H groups in total. The highest BCUT2D eigenvalue weighted by Gasteiger charge is 2.28. The van der Waals surface area contributed by atoms with Gasteiger partial charge in [0, 0.05) is 0 Å². The van der Waals surface area contributed by atoms with Crippen molar-refractivity contribution < 1.29 is 25.2 Å². The molecule has 0 spiro atoms. The Hall–Kier alpha value is -1.99. The van der Waals surface area contributed by atoms with Gasteiger partial charge >= 0.3 is 0 Å². The third-order valence-electron chi connectivity index (χ3n) is 13.4. The zero-order valence-corrected chi connectivity index (χ0v) is 44.4. The molecule has 0 aliphatic carbocycles. The van der Waals surface area contributed by atoms with Gasteiger partial charge in [0.05, 0.1) is 18.8 Å². The minimum Gasteiger partial charge on any atom is -0.394 e. The Morgan fingerprint density at radius 2 is 0.672 bits per heavy atom. The topological polar surface area (TPSA) is 110 Å². The Morgan fingerprint density at radius 3 is 1.03 bits per heavy atom. The van der Waals surface area contributed by atoms with E-state index in [1.165, 1.54) is 199 Å². The fourth-order valence-electron chi connectivity index (χ4n) is 8.82. The molecule has 4 atom stereocenters. The molecule has 67 heavy (non-hydrogen) atoms. The summed E-state index contributed by atoms with van der Waals surface area (Å²) >= 11 is 0. The predicted octanol–water partition coefficient (Wildman–Crippen LogP) is 17.1. The monoisotopic (exact) mass is 940 g/mol. The maximum absolute atomic E-state index is 12.6. The number of amides is 1. The van der Waals surface area contributed by atoms with Crippen LogP contribution in [-0.4, -0.2) is 57.3 Å². The number of aliphatic hydroxyl groups is 4. The van der Waals surface area contributed by atoms with Gasteiger partial charge in [0.15, 0.2) is 0 Å². The van der Waals surface area contributed by atoms with Crippen LogP contribution in [0.5, 0.6) is 0 Å². The van der Waals surface area contributed by atoms with Gasteiger partial charge < -0.3 is 25.7 Å². The van der Waals surface area contributed by atoms with Gasteiger partial charge in [-0.15, -0.1) is 0 Å². The smallest absolute Gasteiger partial charge is 0.249 e. The number of carbonyl (C=O) groups excluding carboxylic acids is 1. The fraction of sp³-hybridized carbons (Fsp3) is 0.820. The molecule has 0 bridgehead atoms. The highest BCUT2D eigenvalue weighted by atomic mass is 16.3. The summed E-state index contributed by atoms with van der Waals surface area (Å²) in [5.41, 5.74) is 0. The minimum atomic E-state index is -1.30. The van der Waals surface area contributed by atoms with Gasteiger partial charge in [0.1, 0.15) is 12.2 Å². The van der Waals surface area contributed by atoms with Gasteiger partial charge in [-0.2, -0.15) is 0 Å². The van der Waals surface area contributed by atoms with Crippen molar-refractivity contribution in [2.24, 2.45) is 0 Å². The second kappa shape index (κ2) is 54.9. The molecule has 392 valence electrons. The summed E-state index contributed by atoms with van der Waals surface area (Å²) < 4.78 is 0. The first-order chi connectivity index (χ1) is 33.0. The van der Waals surface area contributed by atoms with E-state index in [-0.39, 0.29) is 0 Å². The highest BCUT2D eigenvalue weighted by Crippen LogP contribution is 2.16. The number of rotatable bonds is 53. The summed E-state index contributed by atoms with van der Waals surface area (Å²) in [6, 6.07) is -1.02. The molecule has 4 unspecified atom stereocenters. The first kappa shape index (κ1) is 65.0. The van der Waals surface area contributed by atoms with Crippen LogP contribution in [0.2, 0.25) is 0 Å². The zero-order chi connectivity index (χ0) is 48.8. The number of allylic oxidation sites excluding steroid dienone is 10. The van der Waals surface area contributed by atoms with Crippen molar-refractivity contribution in [3.05, 3.63) is 60.8 Å². The molecule has 0 heterocycles. The third-order valence-corrected chi connectivity index (χ3v) is 13.4. The van der Waals surface area contributed by atoms with Crippen molar-refractivity contribution in [3.63, 3.8) is 0 Å². The van der Waals surface area contributed by atoms with Gasteiger partial charge in [-0.3, -0.25) is 4.79 Å². The van der Waals surface area contributed by atoms with Crippen LogP contribution in [0.3, 0.4) is 0 Å². The van der Waals surface area contributed by atoms with Crippen LogP contribution < -0.4 is 5.32 Å². The highest BCUT2D eigenvalue weighted by molar-refractivity contribution is 5.80. The quantitative estimate of drug-likeness (QED) is 0.0308. The average Bonchev–Trinajstić information content (AvgIpc) is 3.33. The van der Waals surface area contributed by atoms with Crippen LogP contribution in [-0.2, 0) is 4.79 Å². The molecule has 0 rings (SSSR count). The van der Waals surface area contributed by atoms with Gasteiger partial charge in [0.25, 0.3) is 0 Å². The Balaban J connectivity index is 3.71. The molecule has 0 radical (unpaired) electrons. The van der Waals surface area contributed by atoms with E-state index in [4.69, 9.17) is 0 Å². The summed E-state index contributed by atoms with van der Waals surface area (Å²) in [4.78, 5) is 12.6. The van der Waals surface area contributed by atoms with Crippen LogP contribution in [0.1, 0.15) is 290 Å². The van der Waals surface area contributed by atoms with Crippen LogP contribution in [0.25, 0.3) is 0 Å². The second-order valence-corrected chi connectivity index (χ2v) is 20.0. The number of hydrogen-bond acceptors (Lipinski definition) is 5. The van der Waals surface area contributed by atoms with E-state index in [2.05, 4.69) is 79.9 Å². The van der Waals surface area contributed by atoms with E-state index >= 15 is 0 Å². The van der Waals surface area contributed by atoms with Crippen LogP contribution in [0.4, 0.5) is 0 Å². The Morgan fingerprint density at radius 1 is 0.373 bits per heavy atom. The zero-order valence-electron chi connectivity index (χ0n) is 44.4. The lowest BCUT2D eigenvalue weighted by atomic mass is 10.00. The largest absolute Gasteiger partial charge is 0.394 e. The number of unbranched alkanes of at least 4 members (excludes halogenated alkanes) is 34. The molecular weight excluding hydrogens is 827 g/mol. The van der Waals surface area contributed by atoms with Crippen molar-refractivity contribution in [3.8, 4) is 0 Å². The van der Waals surface area contributed by atoms with E-state index in [0.29, 0.717) is 19.3 Å². The summed E-state index contributed by atoms with van der Waals surface area (Å²) in [5.74, 6) is -0.600. The van der Waals surface area contributed by atoms with Crippen LogP contribution in [0.15, 0.2) is 60.8 Å². The van der Waals surface area contributed by atoms with E-state index in [9.17, 15) is 25.2 Å². The Labute approximate surface area is 416 Å². The number of nitrogens with one attached hydrogen (secondary N) is 1. The maximum Gasteiger partial charge on any atom is 0.249 e. The molecule has 0 aliphatic rings. The summed E-state index contributed by atoms with van der Waals surface area (Å²) in [6.07, 6.45) is 71.5. The Bertz CT molecular complexity index is 1150. The van der Waals surface area contributed by atoms with E-state index in [0.717, 1.165) is 57.8 Å². The molecule has 1 amide bonds. The van der Waals surface area contributed by atoms with Crippen molar-refractivity contribution in [2.45, 2.75) is 314 Å². The molecule has 0 aromatic carbocycles. The first-order valence-electron chi connectivity index (χ1n) is 29.2. The van der Waals surface area contributed by atoms with Crippen LogP contribution >= 0.6 is 0 Å². The molecule has 6 nitrogen and oxygen atoms in total. The average molecular weight is 941 g/mol. The molecule has 0 saturated heterocycles.